The number of aromatic nitrogens is 2. The van der Waals surface area contributed by atoms with Gasteiger partial charge in [0.2, 0.25) is 5.89 Å². The lowest BCUT2D eigenvalue weighted by atomic mass is 10.2. The lowest BCUT2D eigenvalue weighted by Gasteiger charge is -2.03. The predicted molar refractivity (Wildman–Crippen MR) is 76.9 cm³/mol. The van der Waals surface area contributed by atoms with Gasteiger partial charge in [-0.05, 0) is 25.0 Å². The average molecular weight is 277 g/mol. The van der Waals surface area contributed by atoms with E-state index in [0.717, 1.165) is 12.8 Å². The van der Waals surface area contributed by atoms with E-state index in [4.69, 9.17) is 10.3 Å². The maximum absolute atomic E-state index is 5.95. The molecule has 0 saturated heterocycles. The Morgan fingerprint density at radius 3 is 2.89 bits per heavy atom. The van der Waals surface area contributed by atoms with Crippen LogP contribution in [0.25, 0.3) is 0 Å². The second-order valence-electron chi connectivity index (χ2n) is 4.50. The van der Waals surface area contributed by atoms with Crippen LogP contribution in [0.1, 0.15) is 43.1 Å². The Bertz CT molecular complexity index is 527. The fourth-order valence-electron chi connectivity index (χ4n) is 1.77. The van der Waals surface area contributed by atoms with Gasteiger partial charge in [0.1, 0.15) is 0 Å². The number of hydrogen-bond donors (Lipinski definition) is 1. The molecule has 0 amide bonds. The Hall–Kier alpha value is -1.33. The average Bonchev–Trinajstić information content (AvgIpc) is 2.87. The maximum Gasteiger partial charge on any atom is 0.243 e. The highest BCUT2D eigenvalue weighted by atomic mass is 32.2. The number of nitrogens with two attached hydrogens (primary N) is 1. The van der Waals surface area contributed by atoms with E-state index in [1.165, 1.54) is 10.5 Å². The van der Waals surface area contributed by atoms with Crippen molar-refractivity contribution >= 4 is 11.8 Å². The van der Waals surface area contributed by atoms with Crippen molar-refractivity contribution in [1.82, 2.24) is 10.1 Å². The molecule has 102 valence electrons. The summed E-state index contributed by atoms with van der Waals surface area (Å²) in [5, 5.41) is 3.98. The minimum atomic E-state index is -0.144. The van der Waals surface area contributed by atoms with Crippen LogP contribution in [-0.2, 0) is 5.75 Å². The first-order valence-electron chi connectivity index (χ1n) is 6.47. The van der Waals surface area contributed by atoms with Crippen molar-refractivity contribution in [3.05, 3.63) is 41.5 Å². The zero-order valence-corrected chi connectivity index (χ0v) is 12.1. The van der Waals surface area contributed by atoms with Crippen molar-refractivity contribution in [2.75, 3.05) is 0 Å². The predicted octanol–water partition coefficient (Wildman–Crippen LogP) is 3.47. The molecular weight excluding hydrogens is 258 g/mol. The Balaban J connectivity index is 1.95. The second-order valence-corrected chi connectivity index (χ2v) is 5.52. The van der Waals surface area contributed by atoms with E-state index >= 15 is 0 Å². The summed E-state index contributed by atoms with van der Waals surface area (Å²) in [6.45, 7) is 4.19. The quantitative estimate of drug-likeness (QED) is 0.819. The molecule has 1 heterocycles. The van der Waals surface area contributed by atoms with Crippen LogP contribution in [0, 0.1) is 6.92 Å². The number of rotatable bonds is 6. The minimum Gasteiger partial charge on any atom is -0.338 e. The summed E-state index contributed by atoms with van der Waals surface area (Å²) in [6.07, 6.45) is 1.88. The molecule has 0 spiro atoms. The van der Waals surface area contributed by atoms with E-state index in [2.05, 4.69) is 36.1 Å². The molecular formula is C14H19N3OS. The third-order valence-corrected chi connectivity index (χ3v) is 4.02. The molecule has 0 bridgehead atoms. The van der Waals surface area contributed by atoms with Crippen LogP contribution in [0.2, 0.25) is 0 Å². The SMILES string of the molecule is CCCC(N)c1nc(CSc2ccccc2C)no1. The lowest BCUT2D eigenvalue weighted by Crippen LogP contribution is -2.10. The van der Waals surface area contributed by atoms with E-state index in [0.29, 0.717) is 17.5 Å². The molecule has 19 heavy (non-hydrogen) atoms. The fourth-order valence-corrected chi connectivity index (χ4v) is 2.64. The molecule has 1 atom stereocenters. The molecule has 4 nitrogen and oxygen atoms in total. The van der Waals surface area contributed by atoms with Gasteiger partial charge in [0.05, 0.1) is 11.8 Å². The van der Waals surface area contributed by atoms with Crippen molar-refractivity contribution < 1.29 is 4.52 Å². The van der Waals surface area contributed by atoms with E-state index in [1.54, 1.807) is 11.8 Å². The Labute approximate surface area is 117 Å². The first-order chi connectivity index (χ1) is 9.20. The molecule has 0 aliphatic rings. The van der Waals surface area contributed by atoms with Crippen LogP contribution >= 0.6 is 11.8 Å². The molecule has 0 aliphatic carbocycles. The molecule has 0 aliphatic heterocycles. The highest BCUT2D eigenvalue weighted by molar-refractivity contribution is 7.98. The van der Waals surface area contributed by atoms with Gasteiger partial charge in [0.15, 0.2) is 5.82 Å². The monoisotopic (exact) mass is 277 g/mol. The van der Waals surface area contributed by atoms with Gasteiger partial charge in [0.25, 0.3) is 0 Å². The normalized spacial score (nSPS) is 12.6. The van der Waals surface area contributed by atoms with E-state index < -0.39 is 0 Å². The Kier molecular flexibility index (Phi) is 4.99. The van der Waals surface area contributed by atoms with Gasteiger partial charge in [-0.15, -0.1) is 11.8 Å². The van der Waals surface area contributed by atoms with E-state index in [1.807, 2.05) is 12.1 Å². The molecule has 5 heteroatoms. The first kappa shape index (κ1) is 14.1. The fraction of sp³-hybridized carbons (Fsp3) is 0.429. The van der Waals surface area contributed by atoms with Gasteiger partial charge >= 0.3 is 0 Å². The summed E-state index contributed by atoms with van der Waals surface area (Å²) in [5.74, 6) is 1.95. The minimum absolute atomic E-state index is 0.144. The van der Waals surface area contributed by atoms with Gasteiger partial charge in [-0.2, -0.15) is 4.98 Å². The van der Waals surface area contributed by atoms with Crippen molar-refractivity contribution in [2.45, 2.75) is 43.4 Å². The topological polar surface area (TPSA) is 64.9 Å². The van der Waals surface area contributed by atoms with Crippen molar-refractivity contribution in [2.24, 2.45) is 5.73 Å². The van der Waals surface area contributed by atoms with Crippen LogP contribution in [0.3, 0.4) is 0 Å². The summed E-state index contributed by atoms with van der Waals surface area (Å²) in [6, 6.07) is 8.13. The smallest absolute Gasteiger partial charge is 0.243 e. The van der Waals surface area contributed by atoms with Gasteiger partial charge in [-0.1, -0.05) is 36.7 Å². The first-order valence-corrected chi connectivity index (χ1v) is 7.45. The van der Waals surface area contributed by atoms with Crippen LogP contribution < -0.4 is 5.73 Å². The zero-order chi connectivity index (χ0) is 13.7. The molecule has 0 fully saturated rings. The van der Waals surface area contributed by atoms with Gasteiger partial charge in [0, 0.05) is 4.90 Å². The van der Waals surface area contributed by atoms with Crippen molar-refractivity contribution in [1.29, 1.82) is 0 Å². The summed E-state index contributed by atoms with van der Waals surface area (Å²) in [4.78, 5) is 5.59. The highest BCUT2D eigenvalue weighted by Crippen LogP contribution is 2.25. The van der Waals surface area contributed by atoms with Gasteiger partial charge in [-0.3, -0.25) is 0 Å². The number of nitrogens with zero attached hydrogens (tertiary/aromatic N) is 2. The standard InChI is InChI=1S/C14H19N3OS/c1-3-6-11(15)14-16-13(17-18-14)9-19-12-8-5-4-7-10(12)2/h4-5,7-8,11H,3,6,9,15H2,1-2H3. The summed E-state index contributed by atoms with van der Waals surface area (Å²) in [5.41, 5.74) is 7.21. The third kappa shape index (κ3) is 3.81. The third-order valence-electron chi connectivity index (χ3n) is 2.85. The highest BCUT2D eigenvalue weighted by Gasteiger charge is 2.14. The molecule has 2 aromatic rings. The van der Waals surface area contributed by atoms with Gasteiger partial charge in [-0.25, -0.2) is 0 Å². The van der Waals surface area contributed by atoms with Crippen LogP contribution in [0.5, 0.6) is 0 Å². The molecule has 2 rings (SSSR count). The number of hydrogen-bond acceptors (Lipinski definition) is 5. The Morgan fingerprint density at radius 2 is 2.16 bits per heavy atom. The summed E-state index contributed by atoms with van der Waals surface area (Å²) in [7, 11) is 0. The molecule has 2 N–H and O–H groups in total. The largest absolute Gasteiger partial charge is 0.338 e. The molecule has 0 radical (unpaired) electrons. The number of thioether (sulfide) groups is 1. The van der Waals surface area contributed by atoms with Crippen LogP contribution in [0.4, 0.5) is 0 Å². The molecule has 0 saturated carbocycles. The molecule has 1 unspecified atom stereocenters. The Morgan fingerprint density at radius 1 is 1.37 bits per heavy atom. The van der Waals surface area contributed by atoms with Crippen molar-refractivity contribution in [3.8, 4) is 0 Å². The second kappa shape index (κ2) is 6.73. The van der Waals surface area contributed by atoms with Crippen LogP contribution in [-0.4, -0.2) is 10.1 Å². The summed E-state index contributed by atoms with van der Waals surface area (Å²) < 4.78 is 5.20. The zero-order valence-electron chi connectivity index (χ0n) is 11.3. The van der Waals surface area contributed by atoms with Gasteiger partial charge < -0.3 is 10.3 Å². The van der Waals surface area contributed by atoms with E-state index in [-0.39, 0.29) is 6.04 Å². The maximum atomic E-state index is 5.95. The molecule has 1 aromatic heterocycles. The van der Waals surface area contributed by atoms with Crippen molar-refractivity contribution in [3.63, 3.8) is 0 Å². The number of benzene rings is 1. The lowest BCUT2D eigenvalue weighted by molar-refractivity contribution is 0.345. The summed E-state index contributed by atoms with van der Waals surface area (Å²) >= 11 is 1.71. The molecule has 1 aromatic carbocycles. The number of aryl methyl sites for hydroxylation is 1. The van der Waals surface area contributed by atoms with E-state index in [9.17, 15) is 0 Å². The van der Waals surface area contributed by atoms with Crippen LogP contribution in [0.15, 0.2) is 33.7 Å².